The molecule has 74 valence electrons. The molecule has 1 heteroatoms. The lowest BCUT2D eigenvalue weighted by molar-refractivity contribution is 1.35. The number of aromatic nitrogens is 1. The maximum atomic E-state index is 3.49. The van der Waals surface area contributed by atoms with E-state index in [9.17, 15) is 0 Å². The molecule has 0 unspecified atom stereocenters. The fourth-order valence-electron chi connectivity index (χ4n) is 2.16. The lowest BCUT2D eigenvalue weighted by Gasteiger charge is -2.00. The highest BCUT2D eigenvalue weighted by atomic mass is 14.7. The number of aromatic amines is 1. The highest BCUT2D eigenvalue weighted by Crippen LogP contribution is 2.28. The third-order valence-corrected chi connectivity index (χ3v) is 3.21. The first-order chi connectivity index (χ1) is 7.27. The van der Waals surface area contributed by atoms with Crippen molar-refractivity contribution in [3.8, 4) is 0 Å². The quantitative estimate of drug-likeness (QED) is 0.559. The van der Waals surface area contributed by atoms with Gasteiger partial charge >= 0.3 is 0 Å². The van der Waals surface area contributed by atoms with Crippen molar-refractivity contribution in [3.05, 3.63) is 47.5 Å². The molecule has 0 radical (unpaired) electrons. The summed E-state index contributed by atoms with van der Waals surface area (Å²) in [6, 6.07) is 12.9. The van der Waals surface area contributed by atoms with Gasteiger partial charge in [-0.05, 0) is 31.0 Å². The number of aryl methyl sites for hydroxylation is 2. The van der Waals surface area contributed by atoms with Crippen LogP contribution in [-0.2, 0) is 0 Å². The zero-order valence-electron chi connectivity index (χ0n) is 8.96. The summed E-state index contributed by atoms with van der Waals surface area (Å²) < 4.78 is 0. The third kappa shape index (κ3) is 1.09. The van der Waals surface area contributed by atoms with Crippen LogP contribution in [0.15, 0.2) is 36.4 Å². The van der Waals surface area contributed by atoms with E-state index in [-0.39, 0.29) is 0 Å². The summed E-state index contributed by atoms with van der Waals surface area (Å²) in [5.41, 5.74) is 5.19. The molecule has 0 saturated carbocycles. The largest absolute Gasteiger partial charge is 0.354 e. The summed E-state index contributed by atoms with van der Waals surface area (Å²) in [5.74, 6) is 0. The molecule has 0 aliphatic carbocycles. The minimum absolute atomic E-state index is 1.22. The Morgan fingerprint density at radius 3 is 2.53 bits per heavy atom. The number of nitrogens with one attached hydrogen (secondary N) is 1. The Labute approximate surface area is 88.7 Å². The van der Waals surface area contributed by atoms with Crippen LogP contribution in [0.2, 0.25) is 0 Å². The van der Waals surface area contributed by atoms with E-state index < -0.39 is 0 Å². The van der Waals surface area contributed by atoms with Crippen molar-refractivity contribution in [3.63, 3.8) is 0 Å². The molecule has 3 rings (SSSR count). The predicted octanol–water partition coefficient (Wildman–Crippen LogP) is 3.94. The highest BCUT2D eigenvalue weighted by molar-refractivity contribution is 6.08. The molecule has 0 amide bonds. The van der Waals surface area contributed by atoms with Gasteiger partial charge in [-0.15, -0.1) is 0 Å². The van der Waals surface area contributed by atoms with E-state index in [1.54, 1.807) is 0 Å². The summed E-state index contributed by atoms with van der Waals surface area (Å²) in [6.07, 6.45) is 0. The number of rotatable bonds is 0. The Morgan fingerprint density at radius 1 is 0.867 bits per heavy atom. The van der Waals surface area contributed by atoms with Crippen LogP contribution in [0.4, 0.5) is 0 Å². The molecule has 1 N–H and O–H groups in total. The number of H-pyrrole nitrogens is 1. The van der Waals surface area contributed by atoms with Crippen LogP contribution in [0, 0.1) is 13.8 Å². The first-order valence-corrected chi connectivity index (χ1v) is 5.24. The van der Waals surface area contributed by atoms with Crippen molar-refractivity contribution in [2.45, 2.75) is 13.8 Å². The molecule has 0 atom stereocenters. The van der Waals surface area contributed by atoms with E-state index in [2.05, 4.69) is 55.2 Å². The molecule has 0 fully saturated rings. The topological polar surface area (TPSA) is 15.8 Å². The lowest BCUT2D eigenvalue weighted by atomic mass is 10.1. The van der Waals surface area contributed by atoms with Crippen LogP contribution in [0.1, 0.15) is 11.1 Å². The Morgan fingerprint density at radius 2 is 1.67 bits per heavy atom. The molecule has 0 aliphatic heterocycles. The summed E-state index contributed by atoms with van der Waals surface area (Å²) in [6.45, 7) is 4.33. The van der Waals surface area contributed by atoms with Crippen molar-refractivity contribution in [2.75, 3.05) is 0 Å². The van der Waals surface area contributed by atoms with Crippen LogP contribution in [-0.4, -0.2) is 4.98 Å². The summed E-state index contributed by atoms with van der Waals surface area (Å²) in [5, 5.41) is 2.64. The number of hydrogen-bond acceptors (Lipinski definition) is 0. The number of fused-ring (bicyclic) bond motifs is 3. The summed E-state index contributed by atoms with van der Waals surface area (Å²) in [7, 11) is 0. The maximum Gasteiger partial charge on any atom is 0.0497 e. The molecule has 0 bridgehead atoms. The van der Waals surface area contributed by atoms with Crippen molar-refractivity contribution in [1.29, 1.82) is 0 Å². The Bertz CT molecular complexity index is 647. The number of benzene rings is 2. The first kappa shape index (κ1) is 8.54. The Kier molecular flexibility index (Phi) is 1.63. The zero-order chi connectivity index (χ0) is 10.4. The average molecular weight is 195 g/mol. The number of para-hydroxylation sites is 1. The smallest absolute Gasteiger partial charge is 0.0497 e. The van der Waals surface area contributed by atoms with Gasteiger partial charge in [-0.1, -0.05) is 30.3 Å². The van der Waals surface area contributed by atoms with Crippen molar-refractivity contribution in [1.82, 2.24) is 4.98 Å². The maximum absolute atomic E-state index is 3.49. The fourth-order valence-corrected chi connectivity index (χ4v) is 2.16. The first-order valence-electron chi connectivity index (χ1n) is 5.24. The van der Waals surface area contributed by atoms with Crippen LogP contribution in [0.5, 0.6) is 0 Å². The summed E-state index contributed by atoms with van der Waals surface area (Å²) >= 11 is 0. The van der Waals surface area contributed by atoms with E-state index in [0.717, 1.165) is 0 Å². The average Bonchev–Trinajstić information content (AvgIpc) is 2.63. The van der Waals surface area contributed by atoms with Gasteiger partial charge in [0.2, 0.25) is 0 Å². The Hall–Kier alpha value is -1.76. The van der Waals surface area contributed by atoms with E-state index in [0.29, 0.717) is 0 Å². The second-order valence-corrected chi connectivity index (χ2v) is 4.10. The van der Waals surface area contributed by atoms with Crippen LogP contribution in [0.25, 0.3) is 21.8 Å². The monoisotopic (exact) mass is 195 g/mol. The number of hydrogen-bond donors (Lipinski definition) is 1. The van der Waals surface area contributed by atoms with Crippen molar-refractivity contribution in [2.24, 2.45) is 0 Å². The lowest BCUT2D eigenvalue weighted by Crippen LogP contribution is -1.81. The van der Waals surface area contributed by atoms with Crippen molar-refractivity contribution >= 4 is 21.8 Å². The van der Waals surface area contributed by atoms with Gasteiger partial charge in [0.25, 0.3) is 0 Å². The van der Waals surface area contributed by atoms with E-state index in [4.69, 9.17) is 0 Å². The summed E-state index contributed by atoms with van der Waals surface area (Å²) in [4.78, 5) is 3.49. The molecule has 2 aromatic carbocycles. The predicted molar refractivity (Wildman–Crippen MR) is 65.3 cm³/mol. The molecule has 0 spiro atoms. The molecule has 1 heterocycles. The van der Waals surface area contributed by atoms with Gasteiger partial charge in [0.05, 0.1) is 0 Å². The van der Waals surface area contributed by atoms with E-state index in [1.807, 2.05) is 0 Å². The van der Waals surface area contributed by atoms with E-state index >= 15 is 0 Å². The van der Waals surface area contributed by atoms with Gasteiger partial charge in [-0.25, -0.2) is 0 Å². The normalized spacial score (nSPS) is 11.3. The van der Waals surface area contributed by atoms with E-state index in [1.165, 1.54) is 32.9 Å². The van der Waals surface area contributed by atoms with Gasteiger partial charge < -0.3 is 4.98 Å². The molecular formula is C14H13N. The van der Waals surface area contributed by atoms with Gasteiger partial charge in [0.1, 0.15) is 0 Å². The second-order valence-electron chi connectivity index (χ2n) is 4.10. The minimum atomic E-state index is 1.22. The van der Waals surface area contributed by atoms with Crippen LogP contribution in [0.3, 0.4) is 0 Å². The SMILES string of the molecule is Cc1ccc2c([nH]c3ccccc32)c1C. The molecule has 1 aromatic heterocycles. The molecule has 0 saturated heterocycles. The van der Waals surface area contributed by atoms with Gasteiger partial charge in [-0.2, -0.15) is 0 Å². The fraction of sp³-hybridized carbons (Fsp3) is 0.143. The molecule has 3 aromatic rings. The van der Waals surface area contributed by atoms with Gasteiger partial charge in [0.15, 0.2) is 0 Å². The molecule has 15 heavy (non-hydrogen) atoms. The van der Waals surface area contributed by atoms with Crippen LogP contribution >= 0.6 is 0 Å². The van der Waals surface area contributed by atoms with Gasteiger partial charge in [-0.3, -0.25) is 0 Å². The highest BCUT2D eigenvalue weighted by Gasteiger charge is 2.06. The standard InChI is InChI=1S/C14H13N/c1-9-7-8-12-11-5-3-4-6-13(11)15-14(12)10(9)2/h3-8,15H,1-2H3. The third-order valence-electron chi connectivity index (χ3n) is 3.21. The molecular weight excluding hydrogens is 182 g/mol. The zero-order valence-corrected chi connectivity index (χ0v) is 8.96. The minimum Gasteiger partial charge on any atom is -0.354 e. The van der Waals surface area contributed by atoms with Gasteiger partial charge in [0, 0.05) is 21.8 Å². The molecule has 1 nitrogen and oxygen atoms in total. The van der Waals surface area contributed by atoms with Crippen LogP contribution < -0.4 is 0 Å². The Balaban J connectivity index is 2.60. The molecule has 0 aliphatic rings. The van der Waals surface area contributed by atoms with Crippen molar-refractivity contribution < 1.29 is 0 Å². The second kappa shape index (κ2) is 2.86.